The minimum absolute atomic E-state index is 0.0332. The zero-order valence-corrected chi connectivity index (χ0v) is 64.0. The number of carbonyl (C=O) groups excluding carboxylic acids is 15. The Labute approximate surface area is 639 Å². The minimum atomic E-state index is -2.16. The van der Waals surface area contributed by atoms with Crippen LogP contribution in [0.1, 0.15) is 159 Å². The van der Waals surface area contributed by atoms with Gasteiger partial charge in [0.25, 0.3) is 0 Å². The SMILES string of the molecule is CC[C@H](C)[C@H](NC(=O)[C@H](CCC(=O)O)NC(=O)[C@H](CCC(=O)O)NC(=O)[C@@H](NC(=O)[C@H](C)NC(=O)[C@H](CC(N)=O)NC(=O)[C@H](CC(N)=O)NC(=O)[C@H](CC(=O)O)NC(=O)[C@@H](NC(=O)[C@H](CC(C)C)NC(=O)[C@@H](C)NC(=O)[C@@H](N)[C@@H](C)O)[C@@H](C)CC)[C@@H](C)O)C(=O)N[C@@H](CC(C)C)C(=O)N[C@@H](Cc1ccc(O)cc1)C(=O)O. The van der Waals surface area contributed by atoms with Crippen LogP contribution >= 0.6 is 0 Å². The van der Waals surface area contributed by atoms with Gasteiger partial charge in [0.2, 0.25) is 88.6 Å². The van der Waals surface area contributed by atoms with E-state index < -0.39 is 266 Å². The highest BCUT2D eigenvalue weighted by atomic mass is 16.4. The standard InChI is InChI=1S/C69H110N16O26/c1-13-31(7)53(66(107)80-41(23-29(3)4)61(102)82-46(69(110)111)25-37-15-17-38(88)18-16-37)83-59(100)40(20-22-50(93)94)75-58(99)39(19-21-49(91)92)76-68(109)55(36(12)87)85-57(98)34(10)73-60(101)43(26-47(70)89)78-62(103)44(27-48(71)90)79-63(104)45(28-51(95)96)81-67(108)54(32(8)14-2)84-64(105)42(24-30(5)6)77-56(97)33(9)74-65(106)52(72)35(11)86/h15-18,29-36,39-46,52-55,86-88H,13-14,19-28,72H2,1-12H3,(H2,70,89)(H2,71,90)(H,73,101)(H,74,106)(H,75,99)(H,76,109)(H,77,97)(H,78,103)(H,79,104)(H,80,107)(H,81,108)(H,82,102)(H,83,100)(H,84,105)(H,85,98)(H,91,92)(H,93,94)(H,95,96)(H,110,111)/t31-,32-,33+,34-,35+,36+,39-,40-,41-,42-,43-,44-,45-,46-,52-,53-,54-,55-/m0/s1. The molecule has 0 saturated carbocycles. The number of primary amides is 2. The van der Waals surface area contributed by atoms with E-state index in [0.29, 0.717) is 5.56 Å². The smallest absolute Gasteiger partial charge is 0.326 e. The highest BCUT2D eigenvalue weighted by Gasteiger charge is 2.40. The maximum atomic E-state index is 14.2. The normalized spacial score (nSPS) is 16.0. The highest BCUT2D eigenvalue weighted by Crippen LogP contribution is 2.17. The summed E-state index contributed by atoms with van der Waals surface area (Å²) in [4.78, 5) is 253. The molecule has 0 fully saturated rings. The van der Waals surface area contributed by atoms with E-state index in [1.165, 1.54) is 52.0 Å². The lowest BCUT2D eigenvalue weighted by Crippen LogP contribution is -2.62. The number of aliphatic hydroxyl groups excluding tert-OH is 2. The highest BCUT2D eigenvalue weighted by molar-refractivity contribution is 6.02. The summed E-state index contributed by atoms with van der Waals surface area (Å²) in [7, 11) is 0. The molecule has 0 spiro atoms. The number of hydrogen-bond acceptors (Lipinski definition) is 23. The van der Waals surface area contributed by atoms with Crippen molar-refractivity contribution in [2.45, 2.75) is 257 Å². The van der Waals surface area contributed by atoms with E-state index in [1.807, 2.05) is 0 Å². The number of carbonyl (C=O) groups is 19. The van der Waals surface area contributed by atoms with E-state index in [0.717, 1.165) is 13.8 Å². The monoisotopic (exact) mass is 1580 g/mol. The summed E-state index contributed by atoms with van der Waals surface area (Å²) in [5.41, 5.74) is 16.9. The van der Waals surface area contributed by atoms with Gasteiger partial charge >= 0.3 is 23.9 Å². The van der Waals surface area contributed by atoms with E-state index in [-0.39, 0.29) is 49.7 Å². The Morgan fingerprint density at radius 1 is 0.351 bits per heavy atom. The molecule has 0 aromatic heterocycles. The molecular weight excluding hydrogens is 1470 g/mol. The lowest BCUT2D eigenvalue weighted by Gasteiger charge is -2.30. The van der Waals surface area contributed by atoms with Crippen LogP contribution in [0.25, 0.3) is 0 Å². The Kier molecular flexibility index (Phi) is 42.0. The van der Waals surface area contributed by atoms with Gasteiger partial charge in [0.15, 0.2) is 0 Å². The third-order valence-corrected chi connectivity index (χ3v) is 17.3. The molecule has 0 saturated heterocycles. The molecule has 0 unspecified atom stereocenters. The summed E-state index contributed by atoms with van der Waals surface area (Å²) in [5, 5.41) is 99.1. The molecule has 0 aliphatic carbocycles. The summed E-state index contributed by atoms with van der Waals surface area (Å²) in [6, 6.07) is -18.8. The van der Waals surface area contributed by atoms with Crippen LogP contribution in [0.15, 0.2) is 24.3 Å². The average molecular weight is 1580 g/mol. The van der Waals surface area contributed by atoms with E-state index in [1.54, 1.807) is 41.5 Å². The molecule has 0 aliphatic heterocycles. The summed E-state index contributed by atoms with van der Waals surface area (Å²) >= 11 is 0. The van der Waals surface area contributed by atoms with Crippen LogP contribution in [0.5, 0.6) is 5.75 Å². The molecule has 15 amide bonds. The van der Waals surface area contributed by atoms with Crippen LogP contribution in [-0.2, 0) is 97.5 Å². The van der Waals surface area contributed by atoms with Crippen LogP contribution in [0.2, 0.25) is 0 Å². The first-order valence-electron chi connectivity index (χ1n) is 35.8. The van der Waals surface area contributed by atoms with Crippen molar-refractivity contribution in [1.82, 2.24) is 69.1 Å². The number of phenolic OH excluding ortho intramolecular Hbond substituents is 1. The number of phenols is 1. The van der Waals surface area contributed by atoms with Gasteiger partial charge in [-0.1, -0.05) is 80.4 Å². The quantitative estimate of drug-likeness (QED) is 0.0288. The largest absolute Gasteiger partial charge is 0.508 e. The molecule has 1 aromatic carbocycles. The number of aliphatic hydroxyl groups is 2. The zero-order chi connectivity index (χ0) is 85.2. The predicted molar refractivity (Wildman–Crippen MR) is 389 cm³/mol. The summed E-state index contributed by atoms with van der Waals surface area (Å²) in [6.45, 7) is 17.5. The number of carboxylic acid groups (broad SMARTS) is 4. The van der Waals surface area contributed by atoms with Crippen LogP contribution in [0.4, 0.5) is 0 Å². The van der Waals surface area contributed by atoms with Crippen molar-refractivity contribution >= 4 is 112 Å². The Hall–Kier alpha value is -11.2. The van der Waals surface area contributed by atoms with Crippen molar-refractivity contribution in [3.63, 3.8) is 0 Å². The molecule has 0 heterocycles. The summed E-state index contributed by atoms with van der Waals surface area (Å²) < 4.78 is 0. The van der Waals surface area contributed by atoms with E-state index >= 15 is 0 Å². The first-order valence-corrected chi connectivity index (χ1v) is 35.8. The molecule has 0 radical (unpaired) electrons. The first-order chi connectivity index (χ1) is 51.5. The number of nitrogens with one attached hydrogen (secondary N) is 13. The Balaban J connectivity index is 3.54. The van der Waals surface area contributed by atoms with E-state index in [4.69, 9.17) is 17.2 Å². The number of hydrogen-bond donors (Lipinski definition) is 23. The molecule has 42 nitrogen and oxygen atoms in total. The summed E-state index contributed by atoms with van der Waals surface area (Å²) in [6.07, 6.45) is -9.77. The number of amides is 15. The predicted octanol–water partition coefficient (Wildman–Crippen LogP) is -6.41. The Morgan fingerprint density at radius 2 is 0.658 bits per heavy atom. The van der Waals surface area contributed by atoms with Crippen LogP contribution in [0, 0.1) is 23.7 Å². The van der Waals surface area contributed by atoms with Gasteiger partial charge in [0.05, 0.1) is 31.5 Å². The molecular formula is C69H110N16O26. The third-order valence-electron chi connectivity index (χ3n) is 17.3. The number of aromatic hydroxyl groups is 1. The molecule has 1 aromatic rings. The number of rotatable bonds is 51. The summed E-state index contributed by atoms with van der Waals surface area (Å²) in [5.74, 6) is -26.4. The van der Waals surface area contributed by atoms with Crippen molar-refractivity contribution < 1.29 is 127 Å². The molecule has 1 rings (SSSR count). The van der Waals surface area contributed by atoms with Crippen molar-refractivity contribution in [3.8, 4) is 5.75 Å². The molecule has 18 atom stereocenters. The van der Waals surface area contributed by atoms with Gasteiger partial charge in [0.1, 0.15) is 90.3 Å². The molecule has 0 bridgehead atoms. The van der Waals surface area contributed by atoms with Gasteiger partial charge in [-0.25, -0.2) is 4.79 Å². The molecule has 622 valence electrons. The van der Waals surface area contributed by atoms with Gasteiger partial charge in [-0.15, -0.1) is 0 Å². The Bertz CT molecular complexity index is 3470. The van der Waals surface area contributed by atoms with Gasteiger partial charge in [-0.2, -0.15) is 0 Å². The lowest BCUT2D eigenvalue weighted by molar-refractivity contribution is -0.142. The second-order valence-corrected chi connectivity index (χ2v) is 28.0. The van der Waals surface area contributed by atoms with Crippen LogP contribution in [-0.4, -0.2) is 245 Å². The van der Waals surface area contributed by atoms with Crippen molar-refractivity contribution in [3.05, 3.63) is 29.8 Å². The molecule has 26 N–H and O–H groups in total. The van der Waals surface area contributed by atoms with E-state index in [2.05, 4.69) is 69.1 Å². The van der Waals surface area contributed by atoms with Crippen LogP contribution < -0.4 is 86.3 Å². The number of nitrogens with two attached hydrogens (primary N) is 3. The third kappa shape index (κ3) is 35.8. The second-order valence-electron chi connectivity index (χ2n) is 28.0. The van der Waals surface area contributed by atoms with E-state index in [9.17, 15) is 127 Å². The topological polar surface area (TPSA) is 700 Å². The number of aliphatic carboxylic acids is 4. The second kappa shape index (κ2) is 47.7. The number of benzene rings is 1. The van der Waals surface area contributed by atoms with Gasteiger partial charge in [0, 0.05) is 19.3 Å². The zero-order valence-electron chi connectivity index (χ0n) is 64.0. The average Bonchev–Trinajstić information content (AvgIpc) is 0.841. The fourth-order valence-electron chi connectivity index (χ4n) is 10.5. The van der Waals surface area contributed by atoms with Gasteiger partial charge < -0.3 is 122 Å². The maximum absolute atomic E-state index is 14.2. The lowest BCUT2D eigenvalue weighted by atomic mass is 9.96. The Morgan fingerprint density at radius 3 is 1.04 bits per heavy atom. The van der Waals surface area contributed by atoms with Crippen LogP contribution in [0.3, 0.4) is 0 Å². The van der Waals surface area contributed by atoms with Gasteiger partial charge in [-0.3, -0.25) is 86.3 Å². The fourth-order valence-corrected chi connectivity index (χ4v) is 10.5. The van der Waals surface area contributed by atoms with Crippen molar-refractivity contribution in [2.24, 2.45) is 40.9 Å². The van der Waals surface area contributed by atoms with Crippen molar-refractivity contribution in [2.75, 3.05) is 0 Å². The first kappa shape index (κ1) is 97.8. The maximum Gasteiger partial charge on any atom is 0.326 e. The molecule has 42 heteroatoms. The fraction of sp³-hybridized carbons (Fsp3) is 0.638. The molecule has 0 aliphatic rings. The number of carboxylic acids is 4. The molecule has 111 heavy (non-hydrogen) atoms. The van der Waals surface area contributed by atoms with Crippen molar-refractivity contribution in [1.29, 1.82) is 0 Å². The van der Waals surface area contributed by atoms with Gasteiger partial charge in [-0.05, 0) is 94.7 Å². The minimum Gasteiger partial charge on any atom is -0.508 e.